The fourth-order valence-electron chi connectivity index (χ4n) is 9.20. The molecule has 1 aliphatic carbocycles. The Morgan fingerprint density at radius 3 is 1.61 bits per heavy atom. The van der Waals surface area contributed by atoms with E-state index in [1.165, 1.54) is 16.6 Å². The van der Waals surface area contributed by atoms with Crippen LogP contribution in [0.3, 0.4) is 0 Å². The lowest BCUT2D eigenvalue weighted by Gasteiger charge is -2.17. The van der Waals surface area contributed by atoms with Gasteiger partial charge in [-0.2, -0.15) is 15.0 Å². The molecule has 59 heavy (non-hydrogen) atoms. The van der Waals surface area contributed by atoms with Crippen molar-refractivity contribution in [1.29, 1.82) is 0 Å². The summed E-state index contributed by atoms with van der Waals surface area (Å²) in [5.74, 6) is 1.70. The van der Waals surface area contributed by atoms with Crippen molar-refractivity contribution in [3.8, 4) is 40.1 Å². The van der Waals surface area contributed by atoms with Crippen LogP contribution >= 0.6 is 0 Å². The number of hydrogen-bond acceptors (Lipinski definition) is 3. The Labute approximate surface area is 340 Å². The zero-order chi connectivity index (χ0) is 38.9. The molecule has 0 bridgehead atoms. The summed E-state index contributed by atoms with van der Waals surface area (Å²) in [5.41, 5.74) is 12.0. The zero-order valence-corrected chi connectivity index (χ0v) is 32.1. The van der Waals surface area contributed by atoms with Gasteiger partial charge in [-0.25, -0.2) is 0 Å². The number of allylic oxidation sites excluding steroid dienone is 3. The van der Waals surface area contributed by atoms with Crippen LogP contribution in [0.15, 0.2) is 188 Å². The molecule has 0 fully saturated rings. The van der Waals surface area contributed by atoms with E-state index in [-0.39, 0.29) is 0 Å². The molecule has 12 rings (SSSR count). The van der Waals surface area contributed by atoms with E-state index in [1.807, 2.05) is 0 Å². The number of fused-ring (bicyclic) bond motifs is 9. The van der Waals surface area contributed by atoms with Crippen molar-refractivity contribution < 1.29 is 0 Å². The van der Waals surface area contributed by atoms with Crippen LogP contribution in [-0.4, -0.2) is 28.7 Å². The molecule has 7 aromatic carbocycles. The van der Waals surface area contributed by atoms with E-state index in [1.54, 1.807) is 0 Å². The predicted molar refractivity (Wildman–Crippen MR) is 243 cm³/mol. The van der Waals surface area contributed by atoms with Crippen molar-refractivity contribution in [1.82, 2.24) is 28.7 Å². The van der Waals surface area contributed by atoms with Crippen LogP contribution in [0, 0.1) is 0 Å². The molecule has 4 heterocycles. The first kappa shape index (κ1) is 33.3. The Morgan fingerprint density at radius 2 is 0.932 bits per heavy atom. The minimum absolute atomic E-state index is 0.552. The minimum Gasteiger partial charge on any atom is -0.309 e. The maximum absolute atomic E-state index is 5.50. The van der Waals surface area contributed by atoms with Crippen molar-refractivity contribution in [2.45, 2.75) is 12.8 Å². The molecular weight excluding hydrogens is 721 g/mol. The highest BCUT2D eigenvalue weighted by atomic mass is 15.3. The molecule has 6 heteroatoms. The second kappa shape index (κ2) is 13.4. The van der Waals surface area contributed by atoms with Gasteiger partial charge in [0.1, 0.15) is 0 Å². The molecule has 1 aliphatic rings. The lowest BCUT2D eigenvalue weighted by atomic mass is 10.0. The number of para-hydroxylation sites is 5. The van der Waals surface area contributed by atoms with Crippen LogP contribution in [0.4, 0.5) is 0 Å². The topological polar surface area (TPSA) is 53.5 Å². The minimum atomic E-state index is 0.552. The summed E-state index contributed by atoms with van der Waals surface area (Å²) in [4.78, 5) is 16.4. The molecule has 11 aromatic rings. The largest absolute Gasteiger partial charge is 0.309 e. The van der Waals surface area contributed by atoms with Crippen molar-refractivity contribution in [2.24, 2.45) is 0 Å². The Hall–Kier alpha value is -7.83. The summed E-state index contributed by atoms with van der Waals surface area (Å²) in [6.07, 6.45) is 10.8. The van der Waals surface area contributed by atoms with Gasteiger partial charge in [0.05, 0.1) is 39.0 Å². The number of benzene rings is 7. The molecule has 0 spiro atoms. The Kier molecular flexibility index (Phi) is 7.56. The first-order valence-electron chi connectivity index (χ1n) is 20.2. The Bertz CT molecular complexity index is 3450. The van der Waals surface area contributed by atoms with E-state index in [2.05, 4.69) is 208 Å². The van der Waals surface area contributed by atoms with Crippen molar-refractivity contribution >= 4 is 60.6 Å². The third kappa shape index (κ3) is 5.23. The second-order valence-corrected chi connectivity index (χ2v) is 15.1. The molecule has 0 unspecified atom stereocenters. The van der Waals surface area contributed by atoms with Gasteiger partial charge in [-0.3, -0.25) is 9.13 Å². The van der Waals surface area contributed by atoms with Gasteiger partial charge in [-0.15, -0.1) is 0 Å². The molecule has 0 saturated carbocycles. The molecular formula is C53H36N6. The lowest BCUT2D eigenvalue weighted by molar-refractivity contribution is 0.891. The van der Waals surface area contributed by atoms with E-state index in [9.17, 15) is 0 Å². The van der Waals surface area contributed by atoms with Crippen LogP contribution < -0.4 is 0 Å². The third-order valence-electron chi connectivity index (χ3n) is 11.8. The molecule has 0 radical (unpaired) electrons. The van der Waals surface area contributed by atoms with Crippen molar-refractivity contribution in [2.75, 3.05) is 0 Å². The SMILES string of the molecule is C1=CCc2c(n(-c3ccccc3-c3nc(-n4c5ccccc5c5ccccc54)nc(-n4c5ccccc5c5ccc(-c6ccccc6)cc54)n3)c3ccccc23)/C=C\C1. The zero-order valence-electron chi connectivity index (χ0n) is 32.1. The molecule has 0 N–H and O–H groups in total. The Balaban J connectivity index is 1.19. The van der Waals surface area contributed by atoms with E-state index < -0.39 is 0 Å². The second-order valence-electron chi connectivity index (χ2n) is 15.1. The number of rotatable bonds is 5. The van der Waals surface area contributed by atoms with Crippen LogP contribution in [-0.2, 0) is 6.42 Å². The molecule has 6 nitrogen and oxygen atoms in total. The van der Waals surface area contributed by atoms with Crippen molar-refractivity contribution in [3.63, 3.8) is 0 Å². The summed E-state index contributed by atoms with van der Waals surface area (Å²) in [6.45, 7) is 0. The van der Waals surface area contributed by atoms with Crippen LogP contribution in [0.2, 0.25) is 0 Å². The van der Waals surface area contributed by atoms with Crippen LogP contribution in [0.1, 0.15) is 17.7 Å². The van der Waals surface area contributed by atoms with Crippen molar-refractivity contribution in [3.05, 3.63) is 199 Å². The molecule has 0 saturated heterocycles. The molecule has 4 aromatic heterocycles. The summed E-state index contributed by atoms with van der Waals surface area (Å²) >= 11 is 0. The summed E-state index contributed by atoms with van der Waals surface area (Å²) < 4.78 is 6.81. The van der Waals surface area contributed by atoms with Gasteiger partial charge in [0.15, 0.2) is 5.82 Å². The number of hydrogen-bond donors (Lipinski definition) is 0. The van der Waals surface area contributed by atoms with Gasteiger partial charge in [0.2, 0.25) is 11.9 Å². The first-order valence-corrected chi connectivity index (χ1v) is 20.2. The third-order valence-corrected chi connectivity index (χ3v) is 11.8. The van der Waals surface area contributed by atoms with E-state index in [0.29, 0.717) is 17.7 Å². The number of nitrogens with zero attached hydrogens (tertiary/aromatic N) is 6. The van der Waals surface area contributed by atoms with E-state index in [4.69, 9.17) is 15.0 Å². The molecule has 0 atom stereocenters. The van der Waals surface area contributed by atoms with Gasteiger partial charge >= 0.3 is 0 Å². The fourth-order valence-corrected chi connectivity index (χ4v) is 9.20. The maximum atomic E-state index is 5.50. The monoisotopic (exact) mass is 756 g/mol. The highest BCUT2D eigenvalue weighted by molar-refractivity contribution is 6.11. The van der Waals surface area contributed by atoms with E-state index >= 15 is 0 Å². The summed E-state index contributed by atoms with van der Waals surface area (Å²) in [7, 11) is 0. The van der Waals surface area contributed by atoms with Crippen LogP contribution in [0.5, 0.6) is 0 Å². The predicted octanol–water partition coefficient (Wildman–Crippen LogP) is 12.9. The maximum Gasteiger partial charge on any atom is 0.240 e. The standard InChI is InChI=1S/C53H36N6/c1-2-7-26-44-37(20-6-1)38-21-8-13-27-45(38)57(44)49-31-17-12-25-43(49)51-54-52(58-46-28-14-9-22-39(46)40-23-10-15-29-47(40)58)56-53(55-51)59-48-30-16-11-24-41(48)42-33-32-36(34-50(42)59)35-18-4-3-5-19-35/h1,3-19,21-34H,2,20H2/b6-1?,26-7-. The van der Waals surface area contributed by atoms with Gasteiger partial charge in [-0.05, 0) is 78.1 Å². The highest BCUT2D eigenvalue weighted by Gasteiger charge is 2.24. The summed E-state index contributed by atoms with van der Waals surface area (Å²) in [5, 5.41) is 5.82. The van der Waals surface area contributed by atoms with E-state index in [0.717, 1.165) is 84.3 Å². The fraction of sp³-hybridized carbons (Fsp3) is 0.0377. The first-order chi connectivity index (χ1) is 29.3. The van der Waals surface area contributed by atoms with Gasteiger partial charge in [-0.1, -0.05) is 146 Å². The quantitative estimate of drug-likeness (QED) is 0.164. The van der Waals surface area contributed by atoms with Gasteiger partial charge in [0, 0.05) is 32.5 Å². The average molecular weight is 757 g/mol. The normalized spacial score (nSPS) is 13.4. The van der Waals surface area contributed by atoms with Gasteiger partial charge < -0.3 is 4.57 Å². The Morgan fingerprint density at radius 1 is 0.390 bits per heavy atom. The molecule has 278 valence electrons. The molecule has 0 amide bonds. The van der Waals surface area contributed by atoms with Crippen LogP contribution in [0.25, 0.3) is 101 Å². The van der Waals surface area contributed by atoms with Gasteiger partial charge in [0.25, 0.3) is 0 Å². The highest BCUT2D eigenvalue weighted by Crippen LogP contribution is 2.39. The lowest BCUT2D eigenvalue weighted by Crippen LogP contribution is -2.11. The number of aromatic nitrogens is 6. The summed E-state index contributed by atoms with van der Waals surface area (Å²) in [6, 6.07) is 60.1. The molecule has 0 aliphatic heterocycles. The smallest absolute Gasteiger partial charge is 0.240 e. The average Bonchev–Trinajstić information content (AvgIpc) is 3.91.